The highest BCUT2D eigenvalue weighted by atomic mass is 35.5. The Hall–Kier alpha value is -2.65. The third-order valence-corrected chi connectivity index (χ3v) is 8.27. The monoisotopic (exact) mass is 580 g/mol. The number of nitrogens with one attached hydrogen (secondary N) is 2. The van der Waals surface area contributed by atoms with E-state index in [0.717, 1.165) is 12.1 Å². The summed E-state index contributed by atoms with van der Waals surface area (Å²) in [6, 6.07) is 6.17. The number of aromatic nitrogens is 3. The number of thioether (sulfide) groups is 1. The van der Waals surface area contributed by atoms with Gasteiger partial charge in [0.25, 0.3) is 12.0 Å². The van der Waals surface area contributed by atoms with E-state index in [0.29, 0.717) is 16.2 Å². The van der Waals surface area contributed by atoms with Gasteiger partial charge in [-0.05, 0) is 24.3 Å². The molecule has 0 atom stereocenters. The van der Waals surface area contributed by atoms with Crippen LogP contribution in [0, 0.1) is 0 Å². The maximum absolute atomic E-state index is 13.1. The Kier molecular flexibility index (Phi) is 7.61. The molecule has 2 aromatic carbocycles. The number of alkyl halides is 2. The van der Waals surface area contributed by atoms with E-state index in [1.165, 1.54) is 25.3 Å². The molecule has 3 aromatic rings. The van der Waals surface area contributed by atoms with Crippen LogP contribution in [0.25, 0.3) is 5.69 Å². The average molecular weight is 581 g/mol. The standard InChI is InChI=1S/C20H16Cl2F2N4O6S2/c1-33-14-3-2-11(6-15(14)36(31,32)27-9-7-35-8-9)34-17-12(21)4-10(5-13(17)22)28-20(30)25-19(29)16(26-28)18(23)24/h2-6,9,18,27H,7-8H2,1H3,(H,25,29,30). The van der Waals surface area contributed by atoms with E-state index >= 15 is 0 Å². The first-order valence-corrected chi connectivity index (χ1v) is 13.4. The molecule has 0 bridgehead atoms. The van der Waals surface area contributed by atoms with Crippen LogP contribution in [-0.4, -0.2) is 47.8 Å². The number of nitrogens with zero attached hydrogens (tertiary/aromatic N) is 2. The molecule has 0 saturated carbocycles. The molecule has 1 saturated heterocycles. The van der Waals surface area contributed by atoms with Crippen LogP contribution >= 0.6 is 35.0 Å². The summed E-state index contributed by atoms with van der Waals surface area (Å²) in [5, 5.41) is 3.09. The lowest BCUT2D eigenvalue weighted by Crippen LogP contribution is -2.43. The van der Waals surface area contributed by atoms with Gasteiger partial charge in [-0.3, -0.25) is 9.78 Å². The molecular weight excluding hydrogens is 565 g/mol. The number of sulfonamides is 1. The minimum atomic E-state index is -3.93. The Bertz CT molecular complexity index is 1520. The van der Waals surface area contributed by atoms with Crippen LogP contribution in [0.2, 0.25) is 10.0 Å². The van der Waals surface area contributed by atoms with Gasteiger partial charge in [-0.2, -0.15) is 21.5 Å². The number of hydrogen-bond donors (Lipinski definition) is 2. The van der Waals surface area contributed by atoms with E-state index in [9.17, 15) is 26.8 Å². The quantitative estimate of drug-likeness (QED) is 0.414. The van der Waals surface area contributed by atoms with Crippen molar-refractivity contribution in [2.45, 2.75) is 17.4 Å². The van der Waals surface area contributed by atoms with Crippen LogP contribution in [0.15, 0.2) is 44.8 Å². The van der Waals surface area contributed by atoms with Crippen molar-refractivity contribution in [1.82, 2.24) is 19.5 Å². The largest absolute Gasteiger partial charge is 0.495 e. The molecule has 1 aromatic heterocycles. The molecule has 0 radical (unpaired) electrons. The zero-order chi connectivity index (χ0) is 26.2. The van der Waals surface area contributed by atoms with Crippen LogP contribution in [0.1, 0.15) is 12.1 Å². The number of benzene rings is 2. The fourth-order valence-corrected chi connectivity index (χ4v) is 5.95. The van der Waals surface area contributed by atoms with Crippen molar-refractivity contribution in [1.29, 1.82) is 0 Å². The lowest BCUT2D eigenvalue weighted by Gasteiger charge is -2.26. The van der Waals surface area contributed by atoms with Gasteiger partial charge in [-0.25, -0.2) is 26.7 Å². The third kappa shape index (κ3) is 5.37. The van der Waals surface area contributed by atoms with Gasteiger partial charge in [0, 0.05) is 23.6 Å². The van der Waals surface area contributed by atoms with Gasteiger partial charge >= 0.3 is 5.69 Å². The lowest BCUT2D eigenvalue weighted by atomic mass is 10.3. The molecule has 1 fully saturated rings. The first-order valence-electron chi connectivity index (χ1n) is 9.97. The molecule has 10 nitrogen and oxygen atoms in total. The summed E-state index contributed by atoms with van der Waals surface area (Å²) < 4.78 is 65.8. The fourth-order valence-electron chi connectivity index (χ4n) is 3.13. The molecule has 192 valence electrons. The zero-order valence-corrected chi connectivity index (χ0v) is 21.3. The molecular formula is C20H16Cl2F2N4O6S2. The molecule has 0 amide bonds. The van der Waals surface area contributed by atoms with Gasteiger partial charge in [0.1, 0.15) is 16.4 Å². The van der Waals surface area contributed by atoms with Gasteiger partial charge in [0.05, 0.1) is 22.8 Å². The van der Waals surface area contributed by atoms with E-state index in [1.807, 2.05) is 0 Å². The van der Waals surface area contributed by atoms with Crippen LogP contribution in [0.3, 0.4) is 0 Å². The van der Waals surface area contributed by atoms with E-state index in [-0.39, 0.29) is 43.9 Å². The van der Waals surface area contributed by atoms with Crippen molar-refractivity contribution in [2.75, 3.05) is 18.6 Å². The molecule has 1 aliphatic heterocycles. The van der Waals surface area contributed by atoms with Gasteiger partial charge in [-0.15, -0.1) is 0 Å². The van der Waals surface area contributed by atoms with Crippen molar-refractivity contribution in [3.05, 3.63) is 66.9 Å². The van der Waals surface area contributed by atoms with Crippen LogP contribution < -0.4 is 25.4 Å². The molecule has 36 heavy (non-hydrogen) atoms. The maximum Gasteiger partial charge on any atom is 0.349 e. The number of H-pyrrole nitrogens is 1. The summed E-state index contributed by atoms with van der Waals surface area (Å²) in [5.74, 6) is 1.34. The van der Waals surface area contributed by atoms with Gasteiger partial charge in [0.2, 0.25) is 10.0 Å². The molecule has 16 heteroatoms. The molecule has 2 heterocycles. The first kappa shape index (κ1) is 26.4. The van der Waals surface area contributed by atoms with E-state index in [1.54, 1.807) is 16.7 Å². The van der Waals surface area contributed by atoms with Gasteiger partial charge in [0.15, 0.2) is 11.4 Å². The minimum absolute atomic E-state index is 0.0510. The van der Waals surface area contributed by atoms with Crippen molar-refractivity contribution in [3.63, 3.8) is 0 Å². The van der Waals surface area contributed by atoms with Crippen molar-refractivity contribution < 1.29 is 26.7 Å². The summed E-state index contributed by atoms with van der Waals surface area (Å²) in [5.41, 5.74) is -3.70. The summed E-state index contributed by atoms with van der Waals surface area (Å²) in [4.78, 5) is 25.2. The number of halogens is 4. The molecule has 4 rings (SSSR count). The Morgan fingerprint density at radius 2 is 1.86 bits per heavy atom. The highest BCUT2D eigenvalue weighted by Gasteiger charge is 2.28. The number of hydrogen-bond acceptors (Lipinski definition) is 8. The van der Waals surface area contributed by atoms with Crippen molar-refractivity contribution in [2.24, 2.45) is 0 Å². The number of methoxy groups -OCH3 is 1. The Morgan fingerprint density at radius 3 is 2.42 bits per heavy atom. The van der Waals surface area contributed by atoms with Crippen LogP contribution in [0.5, 0.6) is 17.2 Å². The maximum atomic E-state index is 13.1. The number of rotatable bonds is 8. The predicted octanol–water partition coefficient (Wildman–Crippen LogP) is 3.36. The van der Waals surface area contributed by atoms with Crippen LogP contribution in [0.4, 0.5) is 8.78 Å². The normalized spacial score (nSPS) is 14.1. The topological polar surface area (TPSA) is 132 Å². The van der Waals surface area contributed by atoms with Crippen LogP contribution in [-0.2, 0) is 10.0 Å². The minimum Gasteiger partial charge on any atom is -0.495 e. The Balaban J connectivity index is 1.69. The second-order valence-corrected chi connectivity index (χ2v) is 10.9. The number of ether oxygens (including phenoxy) is 2. The average Bonchev–Trinajstić information content (AvgIpc) is 2.78. The second-order valence-electron chi connectivity index (χ2n) is 7.37. The zero-order valence-electron chi connectivity index (χ0n) is 18.1. The molecule has 1 aliphatic rings. The van der Waals surface area contributed by atoms with E-state index in [4.69, 9.17) is 32.7 Å². The highest BCUT2D eigenvalue weighted by molar-refractivity contribution is 8.01. The van der Waals surface area contributed by atoms with Gasteiger partial charge < -0.3 is 9.47 Å². The molecule has 0 unspecified atom stereocenters. The summed E-state index contributed by atoms with van der Waals surface area (Å²) >= 11 is 14.2. The molecule has 0 aliphatic carbocycles. The SMILES string of the molecule is COc1ccc(Oc2c(Cl)cc(-n3nc(C(F)F)c(=O)[nH]c3=O)cc2Cl)cc1S(=O)(=O)NC1CSC1. The summed E-state index contributed by atoms with van der Waals surface area (Å²) in [6.45, 7) is 0. The third-order valence-electron chi connectivity index (χ3n) is 4.89. The smallest absolute Gasteiger partial charge is 0.349 e. The fraction of sp³-hybridized carbons (Fsp3) is 0.250. The van der Waals surface area contributed by atoms with Crippen molar-refractivity contribution >= 4 is 45.0 Å². The summed E-state index contributed by atoms with van der Waals surface area (Å²) in [7, 11) is -2.61. The Labute approximate surface area is 216 Å². The Morgan fingerprint density at radius 1 is 1.19 bits per heavy atom. The van der Waals surface area contributed by atoms with Crippen molar-refractivity contribution in [3.8, 4) is 22.9 Å². The van der Waals surface area contributed by atoms with E-state index < -0.39 is 33.4 Å². The predicted molar refractivity (Wildman–Crippen MR) is 130 cm³/mol. The van der Waals surface area contributed by atoms with Gasteiger partial charge in [-0.1, -0.05) is 23.2 Å². The molecule has 2 N–H and O–H groups in total. The second kappa shape index (κ2) is 10.4. The first-order chi connectivity index (χ1) is 17.0. The number of aromatic amines is 1. The van der Waals surface area contributed by atoms with E-state index in [2.05, 4.69) is 9.82 Å². The molecule has 0 spiro atoms. The lowest BCUT2D eigenvalue weighted by molar-refractivity contribution is 0.141. The summed E-state index contributed by atoms with van der Waals surface area (Å²) in [6.07, 6.45) is -3.23. The highest BCUT2D eigenvalue weighted by Crippen LogP contribution is 2.39.